The standard InChI is InChI=1S/C9H14O3/c1-4-12-9(11)5-8(6-10)7(2)3/h7H,4-5H2,1-3H3. The number of carbonyl (C=O) groups is 1. The number of esters is 1. The van der Waals surface area contributed by atoms with Crippen LogP contribution < -0.4 is 0 Å². The molecule has 0 saturated carbocycles. The Morgan fingerprint density at radius 3 is 2.42 bits per heavy atom. The summed E-state index contributed by atoms with van der Waals surface area (Å²) in [6.45, 7) is 5.78. The molecule has 0 unspecified atom stereocenters. The van der Waals surface area contributed by atoms with E-state index in [2.05, 4.69) is 4.74 Å². The number of ether oxygens (including phenoxy) is 1. The van der Waals surface area contributed by atoms with Crippen LogP contribution in [-0.4, -0.2) is 18.5 Å². The third-order valence-corrected chi connectivity index (χ3v) is 1.47. The highest BCUT2D eigenvalue weighted by Gasteiger charge is 2.10. The van der Waals surface area contributed by atoms with Gasteiger partial charge in [-0.05, 0) is 12.8 Å². The van der Waals surface area contributed by atoms with Crippen molar-refractivity contribution in [2.24, 2.45) is 5.92 Å². The quantitative estimate of drug-likeness (QED) is 0.472. The molecular formula is C9H14O3. The second-order valence-electron chi connectivity index (χ2n) is 2.76. The Kier molecular flexibility index (Phi) is 5.06. The molecule has 0 aliphatic heterocycles. The van der Waals surface area contributed by atoms with E-state index in [-0.39, 0.29) is 18.3 Å². The van der Waals surface area contributed by atoms with E-state index in [9.17, 15) is 9.59 Å². The minimum absolute atomic E-state index is 0.0620. The molecule has 3 nitrogen and oxygen atoms in total. The van der Waals surface area contributed by atoms with Gasteiger partial charge >= 0.3 is 5.97 Å². The van der Waals surface area contributed by atoms with Crippen LogP contribution in [0.1, 0.15) is 27.2 Å². The zero-order valence-electron chi connectivity index (χ0n) is 7.72. The summed E-state index contributed by atoms with van der Waals surface area (Å²) in [6.07, 6.45) is 0.0645. The third-order valence-electron chi connectivity index (χ3n) is 1.47. The summed E-state index contributed by atoms with van der Waals surface area (Å²) in [5.41, 5.74) is 0.466. The maximum Gasteiger partial charge on any atom is 0.310 e. The van der Waals surface area contributed by atoms with Crippen LogP contribution in [0.4, 0.5) is 0 Å². The fourth-order valence-electron chi connectivity index (χ4n) is 0.726. The lowest BCUT2D eigenvalue weighted by Crippen LogP contribution is -2.08. The first-order chi connectivity index (χ1) is 5.61. The van der Waals surface area contributed by atoms with E-state index in [1.165, 1.54) is 0 Å². The average molecular weight is 170 g/mol. The summed E-state index contributed by atoms with van der Waals surface area (Å²) in [6, 6.07) is 0. The van der Waals surface area contributed by atoms with Crippen LogP contribution in [0.15, 0.2) is 5.57 Å². The van der Waals surface area contributed by atoms with Crippen molar-refractivity contribution in [2.75, 3.05) is 6.61 Å². The van der Waals surface area contributed by atoms with Crippen LogP contribution in [0, 0.1) is 5.92 Å². The smallest absolute Gasteiger partial charge is 0.310 e. The molecule has 0 aromatic heterocycles. The molecule has 0 spiro atoms. The van der Waals surface area contributed by atoms with E-state index in [1.54, 1.807) is 12.9 Å². The lowest BCUT2D eigenvalue weighted by atomic mass is 10.0. The Balaban J connectivity index is 4.05. The molecule has 0 aromatic rings. The van der Waals surface area contributed by atoms with Crippen molar-refractivity contribution in [2.45, 2.75) is 27.2 Å². The Hall–Kier alpha value is -1.08. The van der Waals surface area contributed by atoms with Gasteiger partial charge in [0.2, 0.25) is 0 Å². The maximum absolute atomic E-state index is 10.9. The predicted molar refractivity (Wildman–Crippen MR) is 45.3 cm³/mol. The molecule has 0 rings (SSSR count). The van der Waals surface area contributed by atoms with Gasteiger partial charge in [-0.1, -0.05) is 13.8 Å². The molecule has 0 aromatic carbocycles. The van der Waals surface area contributed by atoms with E-state index >= 15 is 0 Å². The molecule has 0 saturated heterocycles. The van der Waals surface area contributed by atoms with Gasteiger partial charge in [-0.25, -0.2) is 4.79 Å². The van der Waals surface area contributed by atoms with Crippen molar-refractivity contribution in [1.29, 1.82) is 0 Å². The van der Waals surface area contributed by atoms with Gasteiger partial charge in [0.15, 0.2) is 0 Å². The van der Waals surface area contributed by atoms with Crippen LogP contribution in [0.25, 0.3) is 0 Å². The number of hydrogen-bond acceptors (Lipinski definition) is 3. The molecule has 12 heavy (non-hydrogen) atoms. The van der Waals surface area contributed by atoms with Gasteiger partial charge in [-0.3, -0.25) is 4.79 Å². The topological polar surface area (TPSA) is 43.4 Å². The third kappa shape index (κ3) is 3.94. The van der Waals surface area contributed by atoms with E-state index in [0.717, 1.165) is 0 Å². The summed E-state index contributed by atoms with van der Waals surface area (Å²) < 4.78 is 4.69. The molecule has 0 aliphatic carbocycles. The van der Waals surface area contributed by atoms with Gasteiger partial charge in [0.1, 0.15) is 5.94 Å². The highest BCUT2D eigenvalue weighted by molar-refractivity contribution is 5.76. The first-order valence-electron chi connectivity index (χ1n) is 4.01. The normalized spacial score (nSPS) is 9.33. The van der Waals surface area contributed by atoms with Gasteiger partial charge in [0, 0.05) is 5.57 Å². The fourth-order valence-corrected chi connectivity index (χ4v) is 0.726. The van der Waals surface area contributed by atoms with Crippen LogP contribution in [-0.2, 0) is 14.3 Å². The maximum atomic E-state index is 10.9. The molecule has 0 aliphatic rings. The van der Waals surface area contributed by atoms with Crippen LogP contribution in [0.3, 0.4) is 0 Å². The Morgan fingerprint density at radius 1 is 1.50 bits per heavy atom. The molecule has 0 amide bonds. The second-order valence-corrected chi connectivity index (χ2v) is 2.76. The number of rotatable bonds is 4. The molecule has 0 radical (unpaired) electrons. The molecule has 0 N–H and O–H groups in total. The minimum Gasteiger partial charge on any atom is -0.466 e. The fraction of sp³-hybridized carbons (Fsp3) is 0.667. The summed E-state index contributed by atoms with van der Waals surface area (Å²) in [7, 11) is 0. The number of carbonyl (C=O) groups excluding carboxylic acids is 2. The largest absolute Gasteiger partial charge is 0.466 e. The van der Waals surface area contributed by atoms with Crippen molar-refractivity contribution in [3.63, 3.8) is 0 Å². The lowest BCUT2D eigenvalue weighted by molar-refractivity contribution is -0.142. The van der Waals surface area contributed by atoms with Crippen molar-refractivity contribution < 1.29 is 14.3 Å². The summed E-state index contributed by atoms with van der Waals surface area (Å²) in [5, 5.41) is 0. The first kappa shape index (κ1) is 10.9. The molecule has 0 fully saturated rings. The van der Waals surface area contributed by atoms with E-state index in [4.69, 9.17) is 0 Å². The molecular weight excluding hydrogens is 156 g/mol. The molecule has 68 valence electrons. The first-order valence-corrected chi connectivity index (χ1v) is 4.01. The Bertz CT molecular complexity index is 200. The monoisotopic (exact) mass is 170 g/mol. The van der Waals surface area contributed by atoms with Crippen LogP contribution in [0.5, 0.6) is 0 Å². The SMILES string of the molecule is CCOC(=O)CC(=C=O)C(C)C. The molecule has 0 atom stereocenters. The lowest BCUT2D eigenvalue weighted by Gasteiger charge is -2.05. The minimum atomic E-state index is -0.357. The Morgan fingerprint density at radius 2 is 2.08 bits per heavy atom. The summed E-state index contributed by atoms with van der Waals surface area (Å²) in [4.78, 5) is 21.2. The summed E-state index contributed by atoms with van der Waals surface area (Å²) in [5.74, 6) is 1.46. The van der Waals surface area contributed by atoms with Crippen molar-refractivity contribution in [3.8, 4) is 0 Å². The van der Waals surface area contributed by atoms with Gasteiger partial charge in [0.25, 0.3) is 0 Å². The Labute approximate surface area is 72.4 Å². The highest BCUT2D eigenvalue weighted by Crippen LogP contribution is 2.10. The molecule has 3 heteroatoms. The van der Waals surface area contributed by atoms with Gasteiger partial charge in [0.05, 0.1) is 13.0 Å². The van der Waals surface area contributed by atoms with E-state index < -0.39 is 0 Å². The van der Waals surface area contributed by atoms with Gasteiger partial charge in [-0.2, -0.15) is 0 Å². The van der Waals surface area contributed by atoms with E-state index in [1.807, 2.05) is 13.8 Å². The average Bonchev–Trinajstić information content (AvgIpc) is 2.00. The van der Waals surface area contributed by atoms with Gasteiger partial charge < -0.3 is 4.74 Å². The zero-order chi connectivity index (χ0) is 9.56. The van der Waals surface area contributed by atoms with Crippen LogP contribution in [0.2, 0.25) is 0 Å². The van der Waals surface area contributed by atoms with Crippen molar-refractivity contribution in [3.05, 3.63) is 5.57 Å². The van der Waals surface area contributed by atoms with Crippen molar-refractivity contribution in [1.82, 2.24) is 0 Å². The summed E-state index contributed by atoms with van der Waals surface area (Å²) >= 11 is 0. The van der Waals surface area contributed by atoms with E-state index in [0.29, 0.717) is 12.2 Å². The van der Waals surface area contributed by atoms with Crippen molar-refractivity contribution >= 4 is 11.9 Å². The second kappa shape index (κ2) is 5.56. The zero-order valence-corrected chi connectivity index (χ0v) is 7.72. The number of hydrogen-bond donors (Lipinski definition) is 0. The predicted octanol–water partition coefficient (Wildman–Crippen LogP) is 1.35. The highest BCUT2D eigenvalue weighted by atomic mass is 16.5. The molecule has 0 bridgehead atoms. The van der Waals surface area contributed by atoms with Crippen LogP contribution >= 0.6 is 0 Å². The van der Waals surface area contributed by atoms with Gasteiger partial charge in [-0.15, -0.1) is 0 Å². The molecule has 0 heterocycles.